The van der Waals surface area contributed by atoms with Gasteiger partial charge >= 0.3 is 5.97 Å². The van der Waals surface area contributed by atoms with Gasteiger partial charge in [0.05, 0.1) is 24.2 Å². The molecule has 0 radical (unpaired) electrons. The molecule has 0 aliphatic carbocycles. The number of fused-ring (bicyclic) bond motifs is 1. The lowest BCUT2D eigenvalue weighted by molar-refractivity contribution is -0.136. The standard InChI is InChI=1S/C25H24F2N4O3/c1-4-30-22-10-18(26)7-5-16(22)9-23(30)25(34)28-19-8-6-17(21(27)11-19)13-31-15(3)20(12-24(32)33)14(2)29-31/h5-11H,4,12-13H2,1-3H3,(H,28,34)(H,32,33). The topological polar surface area (TPSA) is 89.2 Å². The number of rotatable bonds is 7. The molecule has 0 saturated carbocycles. The van der Waals surface area contributed by atoms with E-state index in [2.05, 4.69) is 10.4 Å². The molecule has 7 nitrogen and oxygen atoms in total. The zero-order chi connectivity index (χ0) is 24.6. The summed E-state index contributed by atoms with van der Waals surface area (Å²) in [5.74, 6) is -2.29. The number of aliphatic carboxylic acids is 1. The Bertz CT molecular complexity index is 1420. The molecular formula is C25H24F2N4O3. The van der Waals surface area contributed by atoms with E-state index >= 15 is 0 Å². The van der Waals surface area contributed by atoms with Gasteiger partial charge in [-0.15, -0.1) is 0 Å². The molecular weight excluding hydrogens is 442 g/mol. The average Bonchev–Trinajstić information content (AvgIpc) is 3.27. The second kappa shape index (κ2) is 9.09. The zero-order valence-electron chi connectivity index (χ0n) is 19.0. The van der Waals surface area contributed by atoms with Gasteiger partial charge < -0.3 is 15.0 Å². The fraction of sp³-hybridized carbons (Fsp3) is 0.240. The monoisotopic (exact) mass is 466 g/mol. The molecule has 0 aliphatic rings. The minimum Gasteiger partial charge on any atom is -0.481 e. The zero-order valence-corrected chi connectivity index (χ0v) is 19.0. The molecule has 0 fully saturated rings. The Morgan fingerprint density at radius 1 is 1.09 bits per heavy atom. The maximum atomic E-state index is 14.9. The van der Waals surface area contributed by atoms with Crippen molar-refractivity contribution in [2.24, 2.45) is 0 Å². The van der Waals surface area contributed by atoms with Crippen LogP contribution in [0.25, 0.3) is 10.9 Å². The fourth-order valence-electron chi connectivity index (χ4n) is 4.16. The first-order chi connectivity index (χ1) is 16.2. The number of benzene rings is 2. The highest BCUT2D eigenvalue weighted by molar-refractivity contribution is 6.06. The number of carboxylic acid groups (broad SMARTS) is 1. The van der Waals surface area contributed by atoms with E-state index in [-0.39, 0.29) is 24.5 Å². The van der Waals surface area contributed by atoms with Gasteiger partial charge in [-0.05, 0) is 57.2 Å². The number of anilines is 1. The Morgan fingerprint density at radius 2 is 1.85 bits per heavy atom. The summed E-state index contributed by atoms with van der Waals surface area (Å²) in [6.07, 6.45) is -0.147. The number of aromatic nitrogens is 3. The highest BCUT2D eigenvalue weighted by Crippen LogP contribution is 2.23. The van der Waals surface area contributed by atoms with Gasteiger partial charge in [0, 0.05) is 34.4 Å². The summed E-state index contributed by atoms with van der Waals surface area (Å²) < 4.78 is 31.8. The highest BCUT2D eigenvalue weighted by atomic mass is 19.1. The van der Waals surface area contributed by atoms with E-state index in [0.717, 1.165) is 5.39 Å². The number of carboxylic acids is 1. The Labute approximate surface area is 194 Å². The molecule has 2 aromatic carbocycles. The predicted octanol–water partition coefficient (Wildman–Crippen LogP) is 4.68. The summed E-state index contributed by atoms with van der Waals surface area (Å²) in [4.78, 5) is 24.0. The first-order valence-electron chi connectivity index (χ1n) is 10.8. The Morgan fingerprint density at radius 3 is 2.53 bits per heavy atom. The number of carbonyl (C=O) groups excluding carboxylic acids is 1. The van der Waals surface area contributed by atoms with Crippen LogP contribution < -0.4 is 5.32 Å². The van der Waals surface area contributed by atoms with E-state index < -0.39 is 17.7 Å². The van der Waals surface area contributed by atoms with E-state index in [9.17, 15) is 18.4 Å². The largest absolute Gasteiger partial charge is 0.481 e. The predicted molar refractivity (Wildman–Crippen MR) is 124 cm³/mol. The van der Waals surface area contributed by atoms with Gasteiger partial charge in [0.15, 0.2) is 0 Å². The van der Waals surface area contributed by atoms with Crippen LogP contribution in [0.1, 0.15) is 39.9 Å². The normalized spacial score (nSPS) is 11.2. The first kappa shape index (κ1) is 23.2. The fourth-order valence-corrected chi connectivity index (χ4v) is 4.16. The van der Waals surface area contributed by atoms with Gasteiger partial charge in [0.2, 0.25) is 0 Å². The quantitative estimate of drug-likeness (QED) is 0.414. The number of aryl methyl sites for hydroxylation is 2. The van der Waals surface area contributed by atoms with Crippen molar-refractivity contribution >= 4 is 28.5 Å². The molecule has 0 atom stereocenters. The summed E-state index contributed by atoms with van der Waals surface area (Å²) in [6.45, 7) is 5.93. The smallest absolute Gasteiger partial charge is 0.307 e. The number of halogens is 2. The van der Waals surface area contributed by atoms with Crippen molar-refractivity contribution in [2.45, 2.75) is 40.3 Å². The maximum Gasteiger partial charge on any atom is 0.307 e. The third-order valence-corrected chi connectivity index (χ3v) is 5.91. The van der Waals surface area contributed by atoms with Crippen LogP contribution in [0.15, 0.2) is 42.5 Å². The number of hydrogen-bond donors (Lipinski definition) is 2. The second-order valence-corrected chi connectivity index (χ2v) is 8.11. The lowest BCUT2D eigenvalue weighted by Gasteiger charge is -2.11. The Kier molecular flexibility index (Phi) is 6.19. The Hall–Kier alpha value is -4.01. The number of amides is 1. The lowest BCUT2D eigenvalue weighted by atomic mass is 10.1. The number of hydrogen-bond acceptors (Lipinski definition) is 3. The molecule has 2 N–H and O–H groups in total. The summed E-state index contributed by atoms with van der Waals surface area (Å²) >= 11 is 0. The van der Waals surface area contributed by atoms with Crippen LogP contribution in [0.4, 0.5) is 14.5 Å². The van der Waals surface area contributed by atoms with Crippen LogP contribution >= 0.6 is 0 Å². The SMILES string of the molecule is CCn1c(C(=O)Nc2ccc(Cn3nc(C)c(CC(=O)O)c3C)c(F)c2)cc2ccc(F)cc21. The molecule has 0 bridgehead atoms. The van der Waals surface area contributed by atoms with Crippen molar-refractivity contribution in [3.05, 3.63) is 82.3 Å². The van der Waals surface area contributed by atoms with Crippen molar-refractivity contribution in [1.82, 2.24) is 14.3 Å². The van der Waals surface area contributed by atoms with Gasteiger partial charge in [-0.2, -0.15) is 5.10 Å². The van der Waals surface area contributed by atoms with Crippen molar-refractivity contribution in [3.63, 3.8) is 0 Å². The third kappa shape index (κ3) is 4.41. The van der Waals surface area contributed by atoms with Crippen LogP contribution in [0.2, 0.25) is 0 Å². The summed E-state index contributed by atoms with van der Waals surface area (Å²) in [6, 6.07) is 10.4. The van der Waals surface area contributed by atoms with Gasteiger partial charge in [-0.3, -0.25) is 14.3 Å². The van der Waals surface area contributed by atoms with Crippen molar-refractivity contribution in [1.29, 1.82) is 0 Å². The van der Waals surface area contributed by atoms with E-state index in [1.807, 2.05) is 6.92 Å². The first-order valence-corrected chi connectivity index (χ1v) is 10.8. The highest BCUT2D eigenvalue weighted by Gasteiger charge is 2.18. The number of nitrogens with one attached hydrogen (secondary N) is 1. The van der Waals surface area contributed by atoms with Gasteiger partial charge in [0.1, 0.15) is 17.3 Å². The second-order valence-electron chi connectivity index (χ2n) is 8.11. The summed E-state index contributed by atoms with van der Waals surface area (Å²) in [5.41, 5.74) is 3.47. The molecule has 2 heterocycles. The van der Waals surface area contributed by atoms with Crippen LogP contribution in [0, 0.1) is 25.5 Å². The maximum absolute atomic E-state index is 14.9. The summed E-state index contributed by atoms with van der Waals surface area (Å²) in [5, 5.41) is 16.9. The van der Waals surface area contributed by atoms with Crippen LogP contribution in [0.3, 0.4) is 0 Å². The molecule has 0 aliphatic heterocycles. The van der Waals surface area contributed by atoms with Gasteiger partial charge in [-0.1, -0.05) is 6.07 Å². The lowest BCUT2D eigenvalue weighted by Crippen LogP contribution is -2.17. The molecule has 0 unspecified atom stereocenters. The van der Waals surface area contributed by atoms with Crippen molar-refractivity contribution in [2.75, 3.05) is 5.32 Å². The molecule has 1 amide bonds. The molecule has 4 aromatic rings. The molecule has 34 heavy (non-hydrogen) atoms. The number of nitrogens with zero attached hydrogens (tertiary/aromatic N) is 3. The Balaban J connectivity index is 1.55. The molecule has 2 aromatic heterocycles. The van der Waals surface area contributed by atoms with Crippen LogP contribution in [-0.4, -0.2) is 31.3 Å². The molecule has 4 rings (SSSR count). The van der Waals surface area contributed by atoms with Crippen molar-refractivity contribution < 1.29 is 23.5 Å². The van der Waals surface area contributed by atoms with E-state index in [1.165, 1.54) is 18.2 Å². The van der Waals surface area contributed by atoms with Crippen LogP contribution in [-0.2, 0) is 24.3 Å². The molecule has 0 spiro atoms. The third-order valence-electron chi connectivity index (χ3n) is 5.91. The number of carbonyl (C=O) groups is 2. The minimum atomic E-state index is -0.954. The average molecular weight is 466 g/mol. The van der Waals surface area contributed by atoms with E-state index in [0.29, 0.717) is 40.3 Å². The van der Waals surface area contributed by atoms with Gasteiger partial charge in [-0.25, -0.2) is 8.78 Å². The molecule has 0 saturated heterocycles. The van der Waals surface area contributed by atoms with E-state index in [4.69, 9.17) is 5.11 Å². The van der Waals surface area contributed by atoms with Crippen molar-refractivity contribution in [3.8, 4) is 0 Å². The molecule has 9 heteroatoms. The summed E-state index contributed by atoms with van der Waals surface area (Å²) in [7, 11) is 0. The molecule has 176 valence electrons. The van der Waals surface area contributed by atoms with E-state index in [1.54, 1.807) is 47.4 Å². The minimum absolute atomic E-state index is 0.127. The van der Waals surface area contributed by atoms with Gasteiger partial charge in [0.25, 0.3) is 5.91 Å². The van der Waals surface area contributed by atoms with Crippen LogP contribution in [0.5, 0.6) is 0 Å².